The summed E-state index contributed by atoms with van der Waals surface area (Å²) in [7, 11) is 0. The Morgan fingerprint density at radius 1 is 1.15 bits per heavy atom. The van der Waals surface area contributed by atoms with Gasteiger partial charge in [-0.1, -0.05) is 33.8 Å². The predicted molar refractivity (Wildman–Crippen MR) is 129 cm³/mol. The van der Waals surface area contributed by atoms with Gasteiger partial charge in [0.25, 0.3) is 0 Å². The molecule has 4 aliphatic carbocycles. The van der Waals surface area contributed by atoms with Crippen molar-refractivity contribution in [2.75, 3.05) is 6.61 Å². The third kappa shape index (κ3) is 2.85. The lowest BCUT2D eigenvalue weighted by Crippen LogP contribution is -2.66. The van der Waals surface area contributed by atoms with Crippen LogP contribution in [0.15, 0.2) is 11.6 Å². The van der Waals surface area contributed by atoms with Gasteiger partial charge >= 0.3 is 5.97 Å². The molecule has 0 aromatic heterocycles. The number of fused-ring (bicyclic) bond motifs is 2. The fraction of sp³-hybridized carbons (Fsp3) is 0.828. The highest BCUT2D eigenvalue weighted by Crippen LogP contribution is 2.76. The van der Waals surface area contributed by atoms with Gasteiger partial charge in [0.15, 0.2) is 0 Å². The van der Waals surface area contributed by atoms with Gasteiger partial charge in [-0.05, 0) is 80.5 Å². The standard InChI is InChI=1S/C29H42O5/c1-17(7-6-8-18(2)25(32)33)20-11-13-26(4)22-12-14-29-19(3)21(30)9-10-23(29)28(22,16-34-29)24(31)15-27(20,26)5/h8,17,19-20,22-23H,6-7,9-16H2,1-5H3,(H,32,33)/b18-8+/t17-,19+,20?,22?,23?,26+,27-,28-,29+/m1/s1. The van der Waals surface area contributed by atoms with E-state index in [1.54, 1.807) is 6.92 Å². The minimum Gasteiger partial charge on any atom is -0.478 e. The topological polar surface area (TPSA) is 80.7 Å². The third-order valence-corrected chi connectivity index (χ3v) is 12.1. The molecule has 188 valence electrons. The van der Waals surface area contributed by atoms with Crippen LogP contribution in [0.5, 0.6) is 0 Å². The molecular weight excluding hydrogens is 428 g/mol. The quantitative estimate of drug-likeness (QED) is 0.528. The molecule has 1 heterocycles. The van der Waals surface area contributed by atoms with Gasteiger partial charge in [-0.15, -0.1) is 0 Å². The van der Waals surface area contributed by atoms with Crippen LogP contribution in [0, 0.1) is 45.8 Å². The SMILES string of the molecule is C/C(=C\CC[C@@H](C)C1CC[C@@]2(C)C3CC[C@@]45OC[C@]3(C(=O)C[C@]12C)C4CCC(=O)[C@@H]5C)C(=O)O. The van der Waals surface area contributed by atoms with E-state index in [-0.39, 0.29) is 22.7 Å². The number of carbonyl (C=O) groups excluding carboxylic acids is 2. The van der Waals surface area contributed by atoms with Gasteiger partial charge in [-0.25, -0.2) is 4.79 Å². The van der Waals surface area contributed by atoms with Crippen molar-refractivity contribution in [2.24, 2.45) is 45.8 Å². The molecule has 0 radical (unpaired) electrons. The van der Waals surface area contributed by atoms with E-state index < -0.39 is 17.0 Å². The summed E-state index contributed by atoms with van der Waals surface area (Å²) >= 11 is 0. The van der Waals surface area contributed by atoms with E-state index in [2.05, 4.69) is 20.8 Å². The fourth-order valence-corrected chi connectivity index (χ4v) is 10.0. The second-order valence-electron chi connectivity index (χ2n) is 13.0. The second kappa shape index (κ2) is 7.75. The highest BCUT2D eigenvalue weighted by Gasteiger charge is 2.77. The van der Waals surface area contributed by atoms with Crippen molar-refractivity contribution >= 4 is 17.5 Å². The highest BCUT2D eigenvalue weighted by atomic mass is 16.5. The van der Waals surface area contributed by atoms with Crippen molar-refractivity contribution in [2.45, 2.75) is 98.0 Å². The third-order valence-electron chi connectivity index (χ3n) is 12.1. The molecule has 1 aliphatic heterocycles. The molecule has 1 N–H and O–H groups in total. The van der Waals surface area contributed by atoms with Crippen LogP contribution in [-0.2, 0) is 19.1 Å². The summed E-state index contributed by atoms with van der Waals surface area (Å²) in [6, 6.07) is 0. The summed E-state index contributed by atoms with van der Waals surface area (Å²) in [5.74, 6) is 1.22. The molecule has 2 bridgehead atoms. The average molecular weight is 471 g/mol. The monoisotopic (exact) mass is 470 g/mol. The van der Waals surface area contributed by atoms with Crippen molar-refractivity contribution < 1.29 is 24.2 Å². The van der Waals surface area contributed by atoms with E-state index in [4.69, 9.17) is 9.84 Å². The number of ether oxygens (including phenoxy) is 1. The van der Waals surface area contributed by atoms with Crippen molar-refractivity contribution in [3.63, 3.8) is 0 Å². The van der Waals surface area contributed by atoms with Crippen LogP contribution in [0.25, 0.3) is 0 Å². The second-order valence-corrected chi connectivity index (χ2v) is 13.0. The summed E-state index contributed by atoms with van der Waals surface area (Å²) in [5.41, 5.74) is -0.343. The number of hydrogen-bond donors (Lipinski definition) is 1. The normalized spacial score (nSPS) is 48.8. The molecule has 9 atom stereocenters. The Morgan fingerprint density at radius 2 is 1.88 bits per heavy atom. The lowest BCUT2D eigenvalue weighted by atomic mass is 9.37. The maximum absolute atomic E-state index is 14.2. The van der Waals surface area contributed by atoms with Crippen molar-refractivity contribution in [3.8, 4) is 0 Å². The summed E-state index contributed by atoms with van der Waals surface area (Å²) in [6.45, 7) is 11.4. The summed E-state index contributed by atoms with van der Waals surface area (Å²) in [5, 5.41) is 9.16. The van der Waals surface area contributed by atoms with Gasteiger partial charge in [0, 0.05) is 30.3 Å². The van der Waals surface area contributed by atoms with E-state index in [0.29, 0.717) is 54.3 Å². The maximum Gasteiger partial charge on any atom is 0.330 e. The summed E-state index contributed by atoms with van der Waals surface area (Å²) in [4.78, 5) is 38.0. The Labute approximate surface area is 204 Å². The first-order valence-electron chi connectivity index (χ1n) is 13.5. The molecule has 5 aliphatic rings. The molecule has 5 heteroatoms. The zero-order chi connectivity index (χ0) is 24.7. The van der Waals surface area contributed by atoms with Gasteiger partial charge < -0.3 is 9.84 Å². The van der Waals surface area contributed by atoms with E-state index in [9.17, 15) is 14.4 Å². The number of carboxylic acids is 1. The minimum atomic E-state index is -0.845. The fourth-order valence-electron chi connectivity index (χ4n) is 10.0. The Balaban J connectivity index is 1.43. The highest BCUT2D eigenvalue weighted by molar-refractivity contribution is 5.90. The lowest BCUT2D eigenvalue weighted by Gasteiger charge is -2.64. The number of allylic oxidation sites excluding steroid dienone is 1. The molecule has 5 nitrogen and oxygen atoms in total. The number of aliphatic carboxylic acids is 1. The van der Waals surface area contributed by atoms with Crippen LogP contribution in [0.4, 0.5) is 0 Å². The van der Waals surface area contributed by atoms with Gasteiger partial charge in [0.05, 0.1) is 17.6 Å². The largest absolute Gasteiger partial charge is 0.478 e. The molecule has 5 rings (SSSR count). The zero-order valence-corrected chi connectivity index (χ0v) is 21.6. The molecule has 3 unspecified atom stereocenters. The number of rotatable bonds is 5. The molecule has 5 fully saturated rings. The molecule has 1 spiro atoms. The maximum atomic E-state index is 14.2. The van der Waals surface area contributed by atoms with E-state index >= 15 is 0 Å². The van der Waals surface area contributed by atoms with Gasteiger partial charge in [0.1, 0.15) is 11.6 Å². The van der Waals surface area contributed by atoms with Crippen LogP contribution < -0.4 is 0 Å². The van der Waals surface area contributed by atoms with Crippen molar-refractivity contribution in [1.29, 1.82) is 0 Å². The molecule has 0 amide bonds. The molecule has 0 aromatic carbocycles. The Bertz CT molecular complexity index is 952. The molecule has 1 saturated heterocycles. The van der Waals surface area contributed by atoms with Crippen LogP contribution in [0.1, 0.15) is 92.4 Å². The Kier molecular flexibility index (Phi) is 5.52. The lowest BCUT2D eigenvalue weighted by molar-refractivity contribution is -0.184. The first-order chi connectivity index (χ1) is 15.9. The first-order valence-corrected chi connectivity index (χ1v) is 13.5. The minimum absolute atomic E-state index is 0.0380. The summed E-state index contributed by atoms with van der Waals surface area (Å²) in [6.07, 6.45) is 9.80. The molecule has 0 aromatic rings. The van der Waals surface area contributed by atoms with Crippen molar-refractivity contribution in [3.05, 3.63) is 11.6 Å². The predicted octanol–water partition coefficient (Wildman–Crippen LogP) is 5.61. The first kappa shape index (κ1) is 24.2. The van der Waals surface area contributed by atoms with Crippen molar-refractivity contribution in [1.82, 2.24) is 0 Å². The number of ketones is 2. The van der Waals surface area contributed by atoms with E-state index in [1.807, 2.05) is 13.0 Å². The van der Waals surface area contributed by atoms with Crippen LogP contribution in [0.2, 0.25) is 0 Å². The number of carboxylic acid groups (broad SMARTS) is 1. The average Bonchev–Trinajstić information content (AvgIpc) is 3.18. The molecule has 4 saturated carbocycles. The number of carbonyl (C=O) groups is 3. The van der Waals surface area contributed by atoms with Gasteiger partial charge in [0.2, 0.25) is 0 Å². The molecule has 34 heavy (non-hydrogen) atoms. The van der Waals surface area contributed by atoms with Crippen LogP contribution in [-0.4, -0.2) is 34.9 Å². The Hall–Kier alpha value is -1.49. The van der Waals surface area contributed by atoms with Crippen LogP contribution >= 0.6 is 0 Å². The van der Waals surface area contributed by atoms with E-state index in [0.717, 1.165) is 44.9 Å². The van der Waals surface area contributed by atoms with E-state index in [1.165, 1.54) is 0 Å². The molecular formula is C29H42O5. The Morgan fingerprint density at radius 3 is 2.59 bits per heavy atom. The van der Waals surface area contributed by atoms with Gasteiger partial charge in [-0.3, -0.25) is 9.59 Å². The van der Waals surface area contributed by atoms with Crippen LogP contribution in [0.3, 0.4) is 0 Å². The zero-order valence-electron chi connectivity index (χ0n) is 21.6. The number of hydrogen-bond acceptors (Lipinski definition) is 4. The number of Topliss-reactive ketones (excluding diaryl/α,β-unsaturated/α-hetero) is 2. The smallest absolute Gasteiger partial charge is 0.330 e. The summed E-state index contributed by atoms with van der Waals surface area (Å²) < 4.78 is 6.58. The van der Waals surface area contributed by atoms with Gasteiger partial charge in [-0.2, -0.15) is 0 Å².